The van der Waals surface area contributed by atoms with Crippen molar-refractivity contribution in [2.45, 2.75) is 38.5 Å². The molecule has 0 radical (unpaired) electrons. The highest BCUT2D eigenvalue weighted by atomic mass is 32.2. The summed E-state index contributed by atoms with van der Waals surface area (Å²) in [6.07, 6.45) is 1.21. The molecule has 0 saturated carbocycles. The maximum atomic E-state index is 12.2. The Balaban J connectivity index is 2.25. The van der Waals surface area contributed by atoms with Crippen LogP contribution in [0.1, 0.15) is 31.3 Å². The van der Waals surface area contributed by atoms with Gasteiger partial charge >= 0.3 is 0 Å². The molecule has 0 saturated heterocycles. The second kappa shape index (κ2) is 5.32. The minimum absolute atomic E-state index is 0.0154. The zero-order chi connectivity index (χ0) is 14.9. The molecule has 0 aromatic carbocycles. The average Bonchev–Trinajstić information content (AvgIpc) is 2.69. The van der Waals surface area contributed by atoms with Gasteiger partial charge in [0, 0.05) is 6.07 Å². The van der Waals surface area contributed by atoms with Crippen LogP contribution in [0.2, 0.25) is 0 Å². The second-order valence-electron chi connectivity index (χ2n) is 4.70. The number of aryl methyl sites for hydroxylation is 2. The summed E-state index contributed by atoms with van der Waals surface area (Å²) in [5.74, 6) is 0.574. The molecule has 1 aliphatic heterocycles. The number of hydrogen-bond donors (Lipinski definition) is 1. The van der Waals surface area contributed by atoms with Crippen molar-refractivity contribution in [3.05, 3.63) is 28.9 Å². The van der Waals surface area contributed by atoms with Gasteiger partial charge in [-0.1, -0.05) is 0 Å². The van der Waals surface area contributed by atoms with Crippen molar-refractivity contribution >= 4 is 15.9 Å². The first kappa shape index (κ1) is 14.6. The smallest absolute Gasteiger partial charge is 0.267 e. The third-order valence-electron chi connectivity index (χ3n) is 3.10. The molecular formula is C13H17NO5S. The molecule has 1 aromatic rings. The number of sulfonamides is 1. The molecule has 1 amide bonds. The number of amides is 1. The Morgan fingerprint density at radius 2 is 2.00 bits per heavy atom. The van der Waals surface area contributed by atoms with Crippen LogP contribution in [0.15, 0.2) is 26.7 Å². The number of carbonyl (C=O) groups excluding carboxylic acids is 1. The monoisotopic (exact) mass is 299 g/mol. The summed E-state index contributed by atoms with van der Waals surface area (Å²) in [6, 6.07) is 1.39. The minimum atomic E-state index is -3.93. The van der Waals surface area contributed by atoms with Crippen molar-refractivity contribution in [3.63, 3.8) is 0 Å². The first-order chi connectivity index (χ1) is 9.31. The predicted octanol–water partition coefficient (Wildman–Crippen LogP) is 1.79. The van der Waals surface area contributed by atoms with E-state index in [4.69, 9.17) is 9.15 Å². The van der Waals surface area contributed by atoms with Crippen LogP contribution in [0.3, 0.4) is 0 Å². The number of nitrogens with one attached hydrogen (secondary N) is 1. The summed E-state index contributed by atoms with van der Waals surface area (Å²) in [5, 5.41) is 0. The van der Waals surface area contributed by atoms with Gasteiger partial charge in [-0.2, -0.15) is 0 Å². The molecule has 1 aliphatic rings. The first-order valence-corrected chi connectivity index (χ1v) is 7.76. The van der Waals surface area contributed by atoms with E-state index in [0.29, 0.717) is 36.5 Å². The number of carbonyl (C=O) groups is 1. The van der Waals surface area contributed by atoms with Crippen molar-refractivity contribution in [1.29, 1.82) is 0 Å². The van der Waals surface area contributed by atoms with Crippen LogP contribution in [0, 0.1) is 13.8 Å². The van der Waals surface area contributed by atoms with E-state index < -0.39 is 15.9 Å². The SMILES string of the molecule is CC1=C(C(=O)NS(=O)(=O)c2cc(C)oc2C)CCCO1. The number of ether oxygens (including phenoxy) is 1. The molecule has 0 unspecified atom stereocenters. The molecule has 0 spiro atoms. The van der Waals surface area contributed by atoms with Crippen molar-refractivity contribution in [2.24, 2.45) is 0 Å². The van der Waals surface area contributed by atoms with Crippen LogP contribution in [-0.4, -0.2) is 20.9 Å². The third kappa shape index (κ3) is 2.87. The van der Waals surface area contributed by atoms with Gasteiger partial charge < -0.3 is 9.15 Å². The fourth-order valence-corrected chi connectivity index (χ4v) is 3.34. The second-order valence-corrected chi connectivity index (χ2v) is 6.35. The number of allylic oxidation sites excluding steroid dienone is 1. The van der Waals surface area contributed by atoms with Gasteiger partial charge in [0.25, 0.3) is 15.9 Å². The van der Waals surface area contributed by atoms with Gasteiger partial charge in [0.2, 0.25) is 0 Å². The van der Waals surface area contributed by atoms with Gasteiger partial charge in [-0.05, 0) is 33.6 Å². The third-order valence-corrected chi connectivity index (χ3v) is 4.54. The van der Waals surface area contributed by atoms with E-state index in [1.54, 1.807) is 20.8 Å². The van der Waals surface area contributed by atoms with Crippen LogP contribution in [0.5, 0.6) is 0 Å². The lowest BCUT2D eigenvalue weighted by atomic mass is 10.1. The van der Waals surface area contributed by atoms with E-state index >= 15 is 0 Å². The molecule has 20 heavy (non-hydrogen) atoms. The van der Waals surface area contributed by atoms with Crippen LogP contribution in [0.4, 0.5) is 0 Å². The van der Waals surface area contributed by atoms with Crippen LogP contribution < -0.4 is 4.72 Å². The summed E-state index contributed by atoms with van der Waals surface area (Å²) in [7, 11) is -3.93. The Bertz CT molecular complexity index is 669. The number of hydrogen-bond acceptors (Lipinski definition) is 5. The fraction of sp³-hybridized carbons (Fsp3) is 0.462. The topological polar surface area (TPSA) is 85.6 Å². The highest BCUT2D eigenvalue weighted by Crippen LogP contribution is 2.22. The van der Waals surface area contributed by atoms with Crippen molar-refractivity contribution in [3.8, 4) is 0 Å². The molecule has 7 heteroatoms. The molecule has 110 valence electrons. The number of rotatable bonds is 3. The Morgan fingerprint density at radius 1 is 1.30 bits per heavy atom. The lowest BCUT2D eigenvalue weighted by Crippen LogP contribution is -2.33. The lowest BCUT2D eigenvalue weighted by Gasteiger charge is -2.18. The molecule has 1 N–H and O–H groups in total. The zero-order valence-corrected chi connectivity index (χ0v) is 12.5. The van der Waals surface area contributed by atoms with E-state index in [1.807, 2.05) is 0 Å². The van der Waals surface area contributed by atoms with Gasteiger partial charge in [-0.25, -0.2) is 13.1 Å². The van der Waals surface area contributed by atoms with E-state index in [1.165, 1.54) is 6.07 Å². The van der Waals surface area contributed by atoms with Gasteiger partial charge in [0.05, 0.1) is 12.2 Å². The van der Waals surface area contributed by atoms with E-state index in [-0.39, 0.29) is 10.7 Å². The van der Waals surface area contributed by atoms with E-state index in [9.17, 15) is 13.2 Å². The van der Waals surface area contributed by atoms with Crippen LogP contribution in [0.25, 0.3) is 0 Å². The highest BCUT2D eigenvalue weighted by Gasteiger charge is 2.26. The Hall–Kier alpha value is -1.76. The summed E-state index contributed by atoms with van der Waals surface area (Å²) >= 11 is 0. The van der Waals surface area contributed by atoms with Crippen molar-refractivity contribution in [2.75, 3.05) is 6.61 Å². The zero-order valence-electron chi connectivity index (χ0n) is 11.6. The Morgan fingerprint density at radius 3 is 2.55 bits per heavy atom. The average molecular weight is 299 g/mol. The van der Waals surface area contributed by atoms with Crippen molar-refractivity contribution < 1.29 is 22.4 Å². The lowest BCUT2D eigenvalue weighted by molar-refractivity contribution is -0.116. The van der Waals surface area contributed by atoms with E-state index in [2.05, 4.69) is 4.72 Å². The summed E-state index contributed by atoms with van der Waals surface area (Å²) in [4.78, 5) is 12.0. The maximum absolute atomic E-state index is 12.2. The molecule has 2 rings (SSSR count). The predicted molar refractivity (Wildman–Crippen MR) is 71.4 cm³/mol. The molecule has 1 aromatic heterocycles. The normalized spacial score (nSPS) is 15.9. The Kier molecular flexibility index (Phi) is 3.89. The standard InChI is InChI=1S/C13H17NO5S/c1-8-7-12(10(3)19-8)20(16,17)14-13(15)11-5-4-6-18-9(11)2/h7H,4-6H2,1-3H3,(H,14,15). The van der Waals surface area contributed by atoms with Crippen LogP contribution >= 0.6 is 0 Å². The highest BCUT2D eigenvalue weighted by molar-refractivity contribution is 7.90. The summed E-state index contributed by atoms with van der Waals surface area (Å²) < 4.78 is 36.9. The minimum Gasteiger partial charge on any atom is -0.498 e. The number of furan rings is 1. The maximum Gasteiger partial charge on any atom is 0.267 e. The van der Waals surface area contributed by atoms with Gasteiger partial charge in [0.15, 0.2) is 0 Å². The molecular weight excluding hydrogens is 282 g/mol. The van der Waals surface area contributed by atoms with Gasteiger partial charge in [0.1, 0.15) is 22.2 Å². The quantitative estimate of drug-likeness (QED) is 0.919. The fourth-order valence-electron chi connectivity index (χ4n) is 2.12. The largest absolute Gasteiger partial charge is 0.498 e. The summed E-state index contributed by atoms with van der Waals surface area (Å²) in [6.45, 7) is 5.40. The first-order valence-electron chi connectivity index (χ1n) is 6.28. The molecule has 0 aliphatic carbocycles. The molecule has 0 bridgehead atoms. The summed E-state index contributed by atoms with van der Waals surface area (Å²) in [5.41, 5.74) is 0.373. The van der Waals surface area contributed by atoms with Crippen molar-refractivity contribution in [1.82, 2.24) is 4.72 Å². The molecule has 0 fully saturated rings. The van der Waals surface area contributed by atoms with Crippen LogP contribution in [-0.2, 0) is 19.6 Å². The molecule has 6 nitrogen and oxygen atoms in total. The molecule has 0 atom stereocenters. The Labute approximate surface area is 117 Å². The molecule has 2 heterocycles. The van der Waals surface area contributed by atoms with Gasteiger partial charge in [-0.15, -0.1) is 0 Å². The van der Waals surface area contributed by atoms with E-state index in [0.717, 1.165) is 0 Å². The van der Waals surface area contributed by atoms with Gasteiger partial charge in [-0.3, -0.25) is 4.79 Å².